The van der Waals surface area contributed by atoms with Crippen molar-refractivity contribution < 1.29 is 0 Å². The summed E-state index contributed by atoms with van der Waals surface area (Å²) in [4.78, 5) is 5.16. The third-order valence-corrected chi connectivity index (χ3v) is 9.29. The van der Waals surface area contributed by atoms with E-state index >= 15 is 0 Å². The van der Waals surface area contributed by atoms with Crippen LogP contribution in [0.2, 0.25) is 0 Å². The molecule has 1 heterocycles. The SMILES string of the molecule is CC(C)Cc1cccc2nc(-c3ccc4c(c3)C(C)(C)c3ccc5c6ccccc6c6ccccc6c5c3-4)ccc12. The molecule has 0 N–H and O–H groups in total. The smallest absolute Gasteiger partial charge is 0.0712 e. The summed E-state index contributed by atoms with van der Waals surface area (Å²) >= 11 is 0. The highest BCUT2D eigenvalue weighted by Gasteiger charge is 2.37. The Labute approximate surface area is 241 Å². The van der Waals surface area contributed by atoms with Gasteiger partial charge in [0.05, 0.1) is 11.2 Å². The van der Waals surface area contributed by atoms with E-state index in [9.17, 15) is 0 Å². The summed E-state index contributed by atoms with van der Waals surface area (Å²) in [7, 11) is 0. The van der Waals surface area contributed by atoms with Crippen LogP contribution < -0.4 is 0 Å². The van der Waals surface area contributed by atoms with Crippen molar-refractivity contribution in [1.29, 1.82) is 0 Å². The fourth-order valence-electron chi connectivity index (χ4n) is 7.38. The average Bonchev–Trinajstić information content (AvgIpc) is 3.22. The van der Waals surface area contributed by atoms with Crippen molar-refractivity contribution in [3.63, 3.8) is 0 Å². The van der Waals surface area contributed by atoms with Crippen LogP contribution in [0.25, 0.3) is 65.6 Å². The molecule has 0 spiro atoms. The van der Waals surface area contributed by atoms with Crippen molar-refractivity contribution in [2.75, 3.05) is 0 Å². The van der Waals surface area contributed by atoms with Gasteiger partial charge in [0.2, 0.25) is 0 Å². The Morgan fingerprint density at radius 2 is 1.27 bits per heavy atom. The average molecular weight is 528 g/mol. The first-order chi connectivity index (χ1) is 19.9. The highest BCUT2D eigenvalue weighted by Crippen LogP contribution is 2.54. The molecule has 8 rings (SSSR count). The summed E-state index contributed by atoms with van der Waals surface area (Å²) in [6, 6.07) is 40.6. The van der Waals surface area contributed by atoms with Crippen LogP contribution in [0, 0.1) is 5.92 Å². The molecule has 0 aliphatic heterocycles. The molecule has 0 fully saturated rings. The Balaban J connectivity index is 1.36. The monoisotopic (exact) mass is 527 g/mol. The molecule has 6 aromatic carbocycles. The number of fused-ring (bicyclic) bond motifs is 11. The summed E-state index contributed by atoms with van der Waals surface area (Å²) in [5.41, 5.74) is 10.1. The maximum absolute atomic E-state index is 5.16. The van der Waals surface area contributed by atoms with Gasteiger partial charge < -0.3 is 0 Å². The predicted octanol–water partition coefficient (Wildman–Crippen LogP) is 10.9. The molecule has 1 aromatic heterocycles. The van der Waals surface area contributed by atoms with Crippen molar-refractivity contribution in [2.24, 2.45) is 5.92 Å². The summed E-state index contributed by atoms with van der Waals surface area (Å²) in [6.07, 6.45) is 1.07. The minimum atomic E-state index is -0.108. The summed E-state index contributed by atoms with van der Waals surface area (Å²) in [5.74, 6) is 0.618. The van der Waals surface area contributed by atoms with Gasteiger partial charge in [0.25, 0.3) is 0 Å². The van der Waals surface area contributed by atoms with Crippen molar-refractivity contribution in [3.05, 3.63) is 126 Å². The van der Waals surface area contributed by atoms with Crippen LogP contribution in [-0.4, -0.2) is 4.98 Å². The molecule has 1 aliphatic carbocycles. The number of nitrogens with zero attached hydrogens (tertiary/aromatic N) is 1. The molecular weight excluding hydrogens is 494 g/mol. The first-order valence-electron chi connectivity index (χ1n) is 14.8. The van der Waals surface area contributed by atoms with Crippen LogP contribution in [0.3, 0.4) is 0 Å². The lowest BCUT2D eigenvalue weighted by Crippen LogP contribution is -2.15. The lowest BCUT2D eigenvalue weighted by Gasteiger charge is -2.22. The van der Waals surface area contributed by atoms with E-state index in [0.717, 1.165) is 17.6 Å². The Hall–Kier alpha value is -4.49. The Kier molecular flexibility index (Phi) is 5.19. The Morgan fingerprint density at radius 1 is 0.610 bits per heavy atom. The molecule has 198 valence electrons. The number of rotatable bonds is 3. The molecule has 0 atom stereocenters. The van der Waals surface area contributed by atoms with Crippen LogP contribution in [0.4, 0.5) is 0 Å². The van der Waals surface area contributed by atoms with Crippen molar-refractivity contribution in [3.8, 4) is 22.4 Å². The number of hydrogen-bond acceptors (Lipinski definition) is 1. The van der Waals surface area contributed by atoms with E-state index in [1.54, 1.807) is 0 Å². The Morgan fingerprint density at radius 3 is 2.00 bits per heavy atom. The fraction of sp³-hybridized carbons (Fsp3) is 0.175. The van der Waals surface area contributed by atoms with Crippen LogP contribution in [0.15, 0.2) is 109 Å². The van der Waals surface area contributed by atoms with Gasteiger partial charge >= 0.3 is 0 Å². The zero-order valence-corrected chi connectivity index (χ0v) is 24.1. The number of benzene rings is 6. The third-order valence-electron chi connectivity index (χ3n) is 9.29. The molecule has 0 bridgehead atoms. The van der Waals surface area contributed by atoms with Gasteiger partial charge in [-0.25, -0.2) is 4.98 Å². The Bertz CT molecular complexity index is 2150. The first-order valence-corrected chi connectivity index (χ1v) is 14.8. The zero-order chi connectivity index (χ0) is 27.9. The van der Waals surface area contributed by atoms with Gasteiger partial charge in [-0.2, -0.15) is 0 Å². The lowest BCUT2D eigenvalue weighted by molar-refractivity contribution is 0.650. The first kappa shape index (κ1) is 24.3. The maximum atomic E-state index is 5.16. The van der Waals surface area contributed by atoms with E-state index in [0.29, 0.717) is 5.92 Å². The van der Waals surface area contributed by atoms with Crippen LogP contribution in [-0.2, 0) is 11.8 Å². The molecule has 0 radical (unpaired) electrons. The zero-order valence-electron chi connectivity index (χ0n) is 24.1. The maximum Gasteiger partial charge on any atom is 0.0712 e. The molecule has 41 heavy (non-hydrogen) atoms. The van der Waals surface area contributed by atoms with Crippen molar-refractivity contribution in [1.82, 2.24) is 4.98 Å². The van der Waals surface area contributed by atoms with Gasteiger partial charge in [0.1, 0.15) is 0 Å². The van der Waals surface area contributed by atoms with Gasteiger partial charge in [-0.05, 0) is 90.7 Å². The van der Waals surface area contributed by atoms with E-state index < -0.39 is 0 Å². The van der Waals surface area contributed by atoms with Gasteiger partial charge in [-0.3, -0.25) is 0 Å². The third kappa shape index (κ3) is 3.51. The van der Waals surface area contributed by atoms with Crippen molar-refractivity contribution in [2.45, 2.75) is 39.5 Å². The topological polar surface area (TPSA) is 12.9 Å². The fourth-order valence-corrected chi connectivity index (χ4v) is 7.38. The van der Waals surface area contributed by atoms with Gasteiger partial charge in [-0.1, -0.05) is 119 Å². The van der Waals surface area contributed by atoms with Crippen LogP contribution >= 0.6 is 0 Å². The highest BCUT2D eigenvalue weighted by molar-refractivity contribution is 6.29. The van der Waals surface area contributed by atoms with Crippen LogP contribution in [0.5, 0.6) is 0 Å². The van der Waals surface area contributed by atoms with Gasteiger partial charge in [0, 0.05) is 16.4 Å². The lowest BCUT2D eigenvalue weighted by atomic mass is 9.81. The van der Waals surface area contributed by atoms with E-state index in [1.807, 2.05) is 0 Å². The van der Waals surface area contributed by atoms with E-state index in [2.05, 4.69) is 137 Å². The minimum Gasteiger partial charge on any atom is -0.248 e. The largest absolute Gasteiger partial charge is 0.248 e. The van der Waals surface area contributed by atoms with Gasteiger partial charge in [-0.15, -0.1) is 0 Å². The van der Waals surface area contributed by atoms with E-state index in [4.69, 9.17) is 4.98 Å². The number of aromatic nitrogens is 1. The standard InChI is InChI=1S/C40H33N/c1-24(2)22-25-10-9-15-37-27(25)19-21-36(41-37)26-16-17-33-35(23-26)40(3,4)34-20-18-32-30-13-6-5-11-28(30)29-12-7-8-14-31(29)38(32)39(33)34/h5-21,23-24H,22H2,1-4H3. The summed E-state index contributed by atoms with van der Waals surface area (Å²) < 4.78 is 0. The van der Waals surface area contributed by atoms with E-state index in [1.165, 1.54) is 71.1 Å². The summed E-state index contributed by atoms with van der Waals surface area (Å²) in [5, 5.41) is 9.27. The van der Waals surface area contributed by atoms with Crippen molar-refractivity contribution >= 4 is 43.2 Å². The van der Waals surface area contributed by atoms with Gasteiger partial charge in [0.15, 0.2) is 0 Å². The normalized spacial score (nSPS) is 13.9. The second-order valence-electron chi connectivity index (χ2n) is 12.7. The molecular formula is C40H33N. The quantitative estimate of drug-likeness (QED) is 0.208. The van der Waals surface area contributed by atoms with Crippen LogP contribution in [0.1, 0.15) is 44.4 Å². The molecule has 1 nitrogen and oxygen atoms in total. The van der Waals surface area contributed by atoms with E-state index in [-0.39, 0.29) is 5.41 Å². The second kappa shape index (κ2) is 8.75. The molecule has 1 aliphatic rings. The number of hydrogen-bond donors (Lipinski definition) is 0. The molecule has 0 saturated heterocycles. The predicted molar refractivity (Wildman–Crippen MR) is 176 cm³/mol. The second-order valence-corrected chi connectivity index (χ2v) is 12.7. The molecule has 0 unspecified atom stereocenters. The number of pyridine rings is 1. The molecule has 7 aromatic rings. The molecule has 0 saturated carbocycles. The molecule has 0 amide bonds. The molecule has 1 heteroatoms. The highest BCUT2D eigenvalue weighted by atomic mass is 14.7. The minimum absolute atomic E-state index is 0.108. The summed E-state index contributed by atoms with van der Waals surface area (Å²) in [6.45, 7) is 9.31.